The molecule has 154 valence electrons. The first-order valence-electron chi connectivity index (χ1n) is 9.73. The number of ether oxygens (including phenoxy) is 2. The Morgan fingerprint density at radius 3 is 2.47 bits per heavy atom. The Morgan fingerprint density at radius 2 is 1.70 bits per heavy atom. The minimum Gasteiger partial charge on any atom is -0.486 e. The maximum absolute atomic E-state index is 12.9. The first kappa shape index (κ1) is 19.6. The van der Waals surface area contributed by atoms with Crippen molar-refractivity contribution in [2.75, 3.05) is 13.2 Å². The van der Waals surface area contributed by atoms with Gasteiger partial charge in [0.25, 0.3) is 5.91 Å². The highest BCUT2D eigenvalue weighted by molar-refractivity contribution is 5.95. The van der Waals surface area contributed by atoms with Crippen molar-refractivity contribution in [2.45, 2.75) is 19.0 Å². The fraction of sp³-hybridized carbons (Fsp3) is 0.217. The Kier molecular flexibility index (Phi) is 5.98. The van der Waals surface area contributed by atoms with Crippen molar-refractivity contribution in [3.8, 4) is 11.5 Å². The molecule has 1 aliphatic heterocycles. The van der Waals surface area contributed by atoms with E-state index in [9.17, 15) is 9.59 Å². The van der Waals surface area contributed by atoms with E-state index in [-0.39, 0.29) is 11.7 Å². The van der Waals surface area contributed by atoms with Crippen LogP contribution in [0.4, 0.5) is 0 Å². The highest BCUT2D eigenvalue weighted by Gasteiger charge is 2.23. The number of furan rings is 1. The Hall–Kier alpha value is -3.74. The van der Waals surface area contributed by atoms with Crippen LogP contribution in [-0.4, -0.2) is 31.1 Å². The van der Waals surface area contributed by atoms with E-state index in [1.807, 2.05) is 48.5 Å². The summed E-state index contributed by atoms with van der Waals surface area (Å²) in [5.74, 6) is 0.806. The lowest BCUT2D eigenvalue weighted by atomic mass is 10.0. The normalized spacial score (nSPS) is 13.3. The molecule has 1 unspecified atom stereocenters. The molecule has 0 spiro atoms. The van der Waals surface area contributed by atoms with Crippen molar-refractivity contribution in [3.05, 3.63) is 83.8 Å². The molecule has 0 radical (unpaired) electrons. The van der Waals surface area contributed by atoms with Crippen LogP contribution in [0.2, 0.25) is 0 Å². The molecule has 7 heteroatoms. The third-order valence-electron chi connectivity index (χ3n) is 4.72. The largest absolute Gasteiger partial charge is 0.486 e. The number of carbonyl (C=O) groups is 2. The molecule has 2 aromatic carbocycles. The molecule has 7 nitrogen and oxygen atoms in total. The highest BCUT2D eigenvalue weighted by Crippen LogP contribution is 2.30. The average Bonchev–Trinajstić information content (AvgIpc) is 3.33. The fourth-order valence-electron chi connectivity index (χ4n) is 3.21. The van der Waals surface area contributed by atoms with E-state index in [1.54, 1.807) is 12.1 Å². The second-order valence-corrected chi connectivity index (χ2v) is 6.89. The summed E-state index contributed by atoms with van der Waals surface area (Å²) in [7, 11) is 0. The Labute approximate surface area is 174 Å². The van der Waals surface area contributed by atoms with Gasteiger partial charge in [0, 0.05) is 13.0 Å². The van der Waals surface area contributed by atoms with Crippen LogP contribution in [0.1, 0.15) is 21.7 Å². The molecule has 1 aliphatic rings. The van der Waals surface area contributed by atoms with Gasteiger partial charge in [-0.3, -0.25) is 9.59 Å². The zero-order valence-corrected chi connectivity index (χ0v) is 16.3. The van der Waals surface area contributed by atoms with Crippen LogP contribution in [0.5, 0.6) is 11.5 Å². The topological polar surface area (TPSA) is 89.8 Å². The molecule has 0 fully saturated rings. The summed E-state index contributed by atoms with van der Waals surface area (Å²) < 4.78 is 16.2. The SMILES string of the molecule is O=C(NC(Cc1ccccc1)C(=O)NCc1ccc2c(c1)OCCO2)c1ccco1. The number of amides is 2. The standard InChI is InChI=1S/C23H22N2O5/c26-22(24-15-17-8-9-19-21(14-17)30-12-11-29-19)18(13-16-5-2-1-3-6-16)25-23(27)20-7-4-10-28-20/h1-10,14,18H,11-13,15H2,(H,24,26)(H,25,27). The molecule has 1 atom stereocenters. The molecule has 4 rings (SSSR count). The van der Waals surface area contributed by atoms with Crippen LogP contribution >= 0.6 is 0 Å². The number of rotatable bonds is 7. The molecule has 1 aromatic heterocycles. The third-order valence-corrected chi connectivity index (χ3v) is 4.72. The van der Waals surface area contributed by atoms with Crippen LogP contribution in [-0.2, 0) is 17.8 Å². The van der Waals surface area contributed by atoms with Gasteiger partial charge < -0.3 is 24.5 Å². The summed E-state index contributed by atoms with van der Waals surface area (Å²) in [5.41, 5.74) is 1.82. The number of carbonyl (C=O) groups excluding carboxylic acids is 2. The van der Waals surface area contributed by atoms with Crippen molar-refractivity contribution in [1.82, 2.24) is 10.6 Å². The van der Waals surface area contributed by atoms with E-state index in [2.05, 4.69) is 10.6 Å². The van der Waals surface area contributed by atoms with Gasteiger partial charge in [-0.15, -0.1) is 0 Å². The van der Waals surface area contributed by atoms with Crippen molar-refractivity contribution in [2.24, 2.45) is 0 Å². The number of fused-ring (bicyclic) bond motifs is 1. The lowest BCUT2D eigenvalue weighted by Crippen LogP contribution is -2.47. The summed E-state index contributed by atoms with van der Waals surface area (Å²) in [5, 5.41) is 5.66. The molecule has 30 heavy (non-hydrogen) atoms. The lowest BCUT2D eigenvalue weighted by molar-refractivity contribution is -0.123. The summed E-state index contributed by atoms with van der Waals surface area (Å²) in [4.78, 5) is 25.3. The van der Waals surface area contributed by atoms with E-state index in [0.717, 1.165) is 11.1 Å². The monoisotopic (exact) mass is 406 g/mol. The molecule has 3 aromatic rings. The van der Waals surface area contributed by atoms with Gasteiger partial charge in [-0.1, -0.05) is 36.4 Å². The maximum atomic E-state index is 12.9. The van der Waals surface area contributed by atoms with Gasteiger partial charge in [0.05, 0.1) is 6.26 Å². The van der Waals surface area contributed by atoms with Gasteiger partial charge in [-0.05, 0) is 35.4 Å². The van der Waals surface area contributed by atoms with Gasteiger partial charge in [-0.2, -0.15) is 0 Å². The highest BCUT2D eigenvalue weighted by atomic mass is 16.6. The van der Waals surface area contributed by atoms with E-state index in [0.29, 0.717) is 37.7 Å². The van der Waals surface area contributed by atoms with Gasteiger partial charge in [0.15, 0.2) is 17.3 Å². The molecule has 2 heterocycles. The molecule has 0 saturated heterocycles. The number of hydrogen-bond donors (Lipinski definition) is 2. The molecule has 2 N–H and O–H groups in total. The maximum Gasteiger partial charge on any atom is 0.287 e. The van der Waals surface area contributed by atoms with Gasteiger partial charge in [0.1, 0.15) is 19.3 Å². The van der Waals surface area contributed by atoms with E-state index in [1.165, 1.54) is 6.26 Å². The van der Waals surface area contributed by atoms with Crippen LogP contribution in [0, 0.1) is 0 Å². The zero-order valence-electron chi connectivity index (χ0n) is 16.3. The number of nitrogens with one attached hydrogen (secondary N) is 2. The Balaban J connectivity index is 1.43. The van der Waals surface area contributed by atoms with E-state index >= 15 is 0 Å². The summed E-state index contributed by atoms with van der Waals surface area (Å²) >= 11 is 0. The van der Waals surface area contributed by atoms with Crippen molar-refractivity contribution in [1.29, 1.82) is 0 Å². The fourth-order valence-corrected chi connectivity index (χ4v) is 3.21. The predicted molar refractivity (Wildman–Crippen MR) is 109 cm³/mol. The van der Waals surface area contributed by atoms with Crippen LogP contribution < -0.4 is 20.1 Å². The van der Waals surface area contributed by atoms with E-state index in [4.69, 9.17) is 13.9 Å². The zero-order chi connectivity index (χ0) is 20.8. The summed E-state index contributed by atoms with van der Waals surface area (Å²) in [6.45, 7) is 1.33. The Morgan fingerprint density at radius 1 is 0.900 bits per heavy atom. The smallest absolute Gasteiger partial charge is 0.287 e. The third kappa shape index (κ3) is 4.81. The van der Waals surface area contributed by atoms with Crippen molar-refractivity contribution in [3.63, 3.8) is 0 Å². The minimum atomic E-state index is -0.748. The van der Waals surface area contributed by atoms with Crippen LogP contribution in [0.15, 0.2) is 71.3 Å². The molecule has 2 amide bonds. The van der Waals surface area contributed by atoms with Crippen molar-refractivity contribution < 1.29 is 23.5 Å². The first-order valence-corrected chi connectivity index (χ1v) is 9.73. The second-order valence-electron chi connectivity index (χ2n) is 6.89. The van der Waals surface area contributed by atoms with Gasteiger partial charge in [-0.25, -0.2) is 0 Å². The number of benzene rings is 2. The molecular formula is C23H22N2O5. The molecule has 0 aliphatic carbocycles. The Bertz CT molecular complexity index is 1000. The van der Waals surface area contributed by atoms with Gasteiger partial charge >= 0.3 is 0 Å². The van der Waals surface area contributed by atoms with Crippen molar-refractivity contribution >= 4 is 11.8 Å². The summed E-state index contributed by atoms with van der Waals surface area (Å²) in [6.07, 6.45) is 1.78. The second kappa shape index (κ2) is 9.17. The molecular weight excluding hydrogens is 384 g/mol. The minimum absolute atomic E-state index is 0.160. The average molecular weight is 406 g/mol. The summed E-state index contributed by atoms with van der Waals surface area (Å²) in [6, 6.07) is 17.5. The first-order chi connectivity index (χ1) is 14.7. The lowest BCUT2D eigenvalue weighted by Gasteiger charge is -2.20. The van der Waals surface area contributed by atoms with Crippen LogP contribution in [0.3, 0.4) is 0 Å². The van der Waals surface area contributed by atoms with E-state index < -0.39 is 11.9 Å². The molecule has 0 saturated carbocycles. The molecule has 0 bridgehead atoms. The van der Waals surface area contributed by atoms with Crippen LogP contribution in [0.25, 0.3) is 0 Å². The van der Waals surface area contributed by atoms with Gasteiger partial charge in [0.2, 0.25) is 5.91 Å². The number of hydrogen-bond acceptors (Lipinski definition) is 5. The predicted octanol–water partition coefficient (Wildman–Crippen LogP) is 2.71. The quantitative estimate of drug-likeness (QED) is 0.630.